The lowest BCUT2D eigenvalue weighted by molar-refractivity contribution is -0.283. The number of ketones is 1. The molecule has 3 heterocycles. The molecule has 0 aromatic rings. The lowest BCUT2D eigenvalue weighted by atomic mass is 9.79. The summed E-state index contributed by atoms with van der Waals surface area (Å²) in [5.74, 6) is -2.04. The van der Waals surface area contributed by atoms with Crippen LogP contribution in [-0.4, -0.2) is 107 Å². The van der Waals surface area contributed by atoms with Gasteiger partial charge in [0.15, 0.2) is 12.1 Å². The molecule has 3 rings (SSSR count). The van der Waals surface area contributed by atoms with Gasteiger partial charge < -0.3 is 39.2 Å². The van der Waals surface area contributed by atoms with Crippen molar-refractivity contribution in [1.29, 1.82) is 0 Å². The quantitative estimate of drug-likeness (QED) is 0.316. The van der Waals surface area contributed by atoms with E-state index in [4.69, 9.17) is 18.9 Å². The molecule has 0 aliphatic carbocycles. The number of hydrogen-bond acceptors (Lipinski definition) is 10. The maximum Gasteiger partial charge on any atom is 0.308 e. The highest BCUT2D eigenvalue weighted by molar-refractivity contribution is 5.91. The third-order valence-corrected chi connectivity index (χ3v) is 9.39. The summed E-state index contributed by atoms with van der Waals surface area (Å²) in [5.41, 5.74) is -0.621. The van der Waals surface area contributed by atoms with Crippen molar-refractivity contribution >= 4 is 11.8 Å². The molecule has 0 amide bonds. The summed E-state index contributed by atoms with van der Waals surface area (Å²) in [6.45, 7) is 11.2. The van der Waals surface area contributed by atoms with Gasteiger partial charge in [-0.2, -0.15) is 0 Å². The molecular weight excluding hydrogens is 530 g/mol. The number of nitrogens with zero attached hydrogens (tertiary/aromatic N) is 1. The number of epoxide rings is 1. The minimum absolute atomic E-state index is 0.0659. The zero-order chi connectivity index (χ0) is 30.6. The molecule has 3 aliphatic heterocycles. The van der Waals surface area contributed by atoms with Crippen LogP contribution in [0.5, 0.6) is 0 Å². The average Bonchev–Trinajstić information content (AvgIpc) is 3.60. The topological polar surface area (TPSA) is 138 Å². The molecule has 2 fully saturated rings. The smallest absolute Gasteiger partial charge is 0.308 e. The first-order valence-electron chi connectivity index (χ1n) is 15.3. The Kier molecular flexibility index (Phi) is 12.0. The molecule has 0 saturated carbocycles. The number of fused-ring (bicyclic) bond motifs is 1. The average molecular weight is 584 g/mol. The van der Waals surface area contributed by atoms with E-state index in [-0.39, 0.29) is 48.9 Å². The minimum Gasteiger partial charge on any atom is -0.462 e. The van der Waals surface area contributed by atoms with Gasteiger partial charge in [0.25, 0.3) is 0 Å². The highest BCUT2D eigenvalue weighted by Crippen LogP contribution is 2.45. The number of rotatable bonds is 6. The molecule has 0 aromatic heterocycles. The van der Waals surface area contributed by atoms with E-state index in [2.05, 4.69) is 0 Å². The molecule has 13 atom stereocenters. The van der Waals surface area contributed by atoms with Crippen LogP contribution in [0, 0.1) is 23.7 Å². The molecule has 236 valence electrons. The van der Waals surface area contributed by atoms with Crippen molar-refractivity contribution in [2.75, 3.05) is 20.7 Å². The van der Waals surface area contributed by atoms with Crippen LogP contribution in [-0.2, 0) is 28.5 Å². The zero-order valence-corrected chi connectivity index (χ0v) is 26.1. The molecule has 10 heteroatoms. The highest BCUT2D eigenvalue weighted by atomic mass is 16.7. The van der Waals surface area contributed by atoms with Crippen LogP contribution < -0.4 is 0 Å². The van der Waals surface area contributed by atoms with Gasteiger partial charge in [0.2, 0.25) is 0 Å². The van der Waals surface area contributed by atoms with E-state index in [0.717, 1.165) is 0 Å². The Morgan fingerprint density at radius 2 is 1.78 bits per heavy atom. The van der Waals surface area contributed by atoms with Crippen molar-refractivity contribution in [2.24, 2.45) is 23.7 Å². The van der Waals surface area contributed by atoms with E-state index in [1.807, 2.05) is 53.6 Å². The molecule has 3 aliphatic rings. The summed E-state index contributed by atoms with van der Waals surface area (Å²) >= 11 is 0. The van der Waals surface area contributed by atoms with Crippen LogP contribution >= 0.6 is 0 Å². The second-order valence-electron chi connectivity index (χ2n) is 13.0. The lowest BCUT2D eigenvalue weighted by Gasteiger charge is -2.44. The number of carbonyl (C=O) groups excluding carboxylic acids is 2. The molecule has 0 radical (unpaired) electrons. The Labute approximate surface area is 245 Å². The van der Waals surface area contributed by atoms with Gasteiger partial charge in [-0.1, -0.05) is 27.7 Å². The molecule has 0 bridgehead atoms. The summed E-state index contributed by atoms with van der Waals surface area (Å²) < 4.78 is 24.3. The number of allylic oxidation sites excluding steroid dienone is 1. The van der Waals surface area contributed by atoms with E-state index in [9.17, 15) is 24.9 Å². The van der Waals surface area contributed by atoms with E-state index in [0.29, 0.717) is 25.7 Å². The van der Waals surface area contributed by atoms with Gasteiger partial charge in [-0.05, 0) is 71.7 Å². The lowest BCUT2D eigenvalue weighted by Crippen LogP contribution is -2.56. The van der Waals surface area contributed by atoms with Crippen molar-refractivity contribution in [3.63, 3.8) is 0 Å². The van der Waals surface area contributed by atoms with Crippen molar-refractivity contribution in [1.82, 2.24) is 4.90 Å². The van der Waals surface area contributed by atoms with Crippen molar-refractivity contribution < 1.29 is 43.9 Å². The number of hydrogen-bond donors (Lipinski definition) is 3. The number of aliphatic hydroxyl groups excluding tert-OH is 3. The molecule has 2 saturated heterocycles. The third kappa shape index (κ3) is 8.37. The van der Waals surface area contributed by atoms with E-state index < -0.39 is 54.1 Å². The van der Waals surface area contributed by atoms with Gasteiger partial charge in [0.1, 0.15) is 17.8 Å². The Morgan fingerprint density at radius 1 is 1.10 bits per heavy atom. The molecule has 0 aromatic carbocycles. The van der Waals surface area contributed by atoms with E-state index in [1.165, 1.54) is 0 Å². The number of ether oxygens (including phenoxy) is 4. The van der Waals surface area contributed by atoms with Crippen molar-refractivity contribution in [3.05, 3.63) is 12.2 Å². The van der Waals surface area contributed by atoms with Gasteiger partial charge in [-0.15, -0.1) is 0 Å². The normalized spacial score (nSPS) is 45.7. The van der Waals surface area contributed by atoms with E-state index >= 15 is 0 Å². The summed E-state index contributed by atoms with van der Waals surface area (Å²) in [4.78, 5) is 28.2. The summed E-state index contributed by atoms with van der Waals surface area (Å²) in [5, 5.41) is 32.5. The van der Waals surface area contributed by atoms with Gasteiger partial charge in [0, 0.05) is 30.4 Å². The van der Waals surface area contributed by atoms with Crippen molar-refractivity contribution in [3.8, 4) is 0 Å². The van der Waals surface area contributed by atoms with Gasteiger partial charge in [-0.3, -0.25) is 9.59 Å². The molecule has 9 unspecified atom stereocenters. The second kappa shape index (κ2) is 14.4. The van der Waals surface area contributed by atoms with Crippen LogP contribution in [0.3, 0.4) is 0 Å². The number of esters is 1. The first-order valence-corrected chi connectivity index (χ1v) is 15.3. The molecule has 0 spiro atoms. The first-order chi connectivity index (χ1) is 19.2. The van der Waals surface area contributed by atoms with Gasteiger partial charge in [-0.25, -0.2) is 0 Å². The standard InChI is InChI=1S/C31H53NO9/c1-9-25-20(5)29-31(6,41-29)12-10-23(34)17(2)14-21(11-13-33)28(19(4)24(35)16-26(36)39-25)40-30-27(37)22(32(7)8)15-18(3)38-30/h10,12,17-22,24-25,27-30,33,35,37H,9,11,13-16H2,1-8H3/b12-10+/t17?,18-,19?,20?,21?,22+,24?,25?,27-,28?,29?,30+,31?/m1/s1. The first kappa shape index (κ1) is 34.1. The van der Waals surface area contributed by atoms with Gasteiger partial charge in [0.05, 0.1) is 30.8 Å². The summed E-state index contributed by atoms with van der Waals surface area (Å²) in [6.07, 6.45) is 0.468. The fourth-order valence-corrected chi connectivity index (χ4v) is 6.59. The van der Waals surface area contributed by atoms with Crippen molar-refractivity contribution in [2.45, 2.75) is 128 Å². The monoisotopic (exact) mass is 583 g/mol. The third-order valence-electron chi connectivity index (χ3n) is 9.39. The fourth-order valence-electron chi connectivity index (χ4n) is 6.59. The number of carbonyl (C=O) groups is 2. The number of likely N-dealkylation sites (N-methyl/N-ethyl adjacent to an activating group) is 1. The Balaban J connectivity index is 1.95. The Hall–Kier alpha value is -1.40. The Morgan fingerprint density at radius 3 is 2.39 bits per heavy atom. The number of aliphatic hydroxyl groups is 3. The zero-order valence-electron chi connectivity index (χ0n) is 26.1. The van der Waals surface area contributed by atoms with E-state index in [1.54, 1.807) is 19.1 Å². The predicted molar refractivity (Wildman–Crippen MR) is 153 cm³/mol. The second-order valence-corrected chi connectivity index (χ2v) is 13.0. The fraction of sp³-hybridized carbons (Fsp3) is 0.871. The van der Waals surface area contributed by atoms with Crippen LogP contribution in [0.1, 0.15) is 73.6 Å². The Bertz CT molecular complexity index is 912. The molecule has 3 N–H and O–H groups in total. The SMILES string of the molecule is CCC1OC(=O)CC(O)C(C)C(O[C@@H]2O[C@H](C)C[C@H](N(C)C)[C@H]2O)C(CCO)CC(C)C(=O)/C=C/C2(C)OC2C1C. The molecular formula is C31H53NO9. The van der Waals surface area contributed by atoms with Crippen LogP contribution in [0.2, 0.25) is 0 Å². The van der Waals surface area contributed by atoms with Crippen LogP contribution in [0.25, 0.3) is 0 Å². The van der Waals surface area contributed by atoms with Crippen LogP contribution in [0.4, 0.5) is 0 Å². The minimum atomic E-state index is -1.12. The summed E-state index contributed by atoms with van der Waals surface area (Å²) in [7, 11) is 3.78. The molecule has 41 heavy (non-hydrogen) atoms. The largest absolute Gasteiger partial charge is 0.462 e. The summed E-state index contributed by atoms with van der Waals surface area (Å²) in [6, 6.07) is -0.199. The van der Waals surface area contributed by atoms with Crippen LogP contribution in [0.15, 0.2) is 12.2 Å². The molecule has 10 nitrogen and oxygen atoms in total. The maximum absolute atomic E-state index is 13.2. The van der Waals surface area contributed by atoms with Gasteiger partial charge >= 0.3 is 5.97 Å². The predicted octanol–water partition coefficient (Wildman–Crippen LogP) is 2.46. The highest BCUT2D eigenvalue weighted by Gasteiger charge is 2.55. The number of cyclic esters (lactones) is 1. The maximum atomic E-state index is 13.2.